The van der Waals surface area contributed by atoms with E-state index in [-0.39, 0.29) is 102 Å². The number of hydrogen-bond donors (Lipinski definition) is 0. The molecule has 0 heterocycles. The van der Waals surface area contributed by atoms with Gasteiger partial charge in [-0.3, -0.25) is 0 Å². The summed E-state index contributed by atoms with van der Waals surface area (Å²) in [6, 6.07) is 0. The zero-order valence-electron chi connectivity index (χ0n) is 9.14. The first-order chi connectivity index (χ1) is 3.00. The minimum atomic E-state index is 0. The van der Waals surface area contributed by atoms with Gasteiger partial charge in [0.15, 0.2) is 0 Å². The van der Waals surface area contributed by atoms with Gasteiger partial charge < -0.3 is 21.8 Å². The van der Waals surface area contributed by atoms with E-state index in [0.717, 1.165) is 0 Å². The van der Waals surface area contributed by atoms with Crippen molar-refractivity contribution in [2.45, 2.75) is 49.5 Å². The van der Waals surface area contributed by atoms with E-state index in [9.17, 15) is 0 Å². The molecule has 0 nitrogen and oxygen atoms in total. The minimum absolute atomic E-state index is 0. The average Bonchev–Trinajstić information content (AvgIpc) is 1.81. The molecule has 0 rings (SSSR count). The molecule has 0 N–H and O–H groups in total. The van der Waals surface area contributed by atoms with Crippen molar-refractivity contribution in [2.24, 2.45) is 0 Å². The predicted octanol–water partition coefficient (Wildman–Crippen LogP) is 5.06. The Morgan fingerprint density at radius 2 is 0.692 bits per heavy atom. The Morgan fingerprint density at radius 3 is 0.692 bits per heavy atom. The minimum Gasteiger partial charge on any atom is -0.358 e. The van der Waals surface area contributed by atoms with Crippen molar-refractivity contribution in [3.05, 3.63) is 21.8 Å². The zero-order chi connectivity index (χ0) is 6.00. The van der Waals surface area contributed by atoms with Crippen molar-refractivity contribution in [1.82, 2.24) is 0 Å². The molecular weight excluding hydrogens is 444 g/mol. The van der Waals surface area contributed by atoms with Crippen LogP contribution in [0.2, 0.25) is 0 Å². The Hall–Kier alpha value is 2.38. The van der Waals surface area contributed by atoms with E-state index >= 15 is 0 Å². The van der Waals surface area contributed by atoms with Gasteiger partial charge in [-0.1, -0.05) is 42.5 Å². The van der Waals surface area contributed by atoms with Crippen LogP contribution in [0.1, 0.15) is 49.5 Å². The van der Waals surface area contributed by atoms with Crippen LogP contribution in [-0.4, -0.2) is 0 Å². The number of hydrogen-bond acceptors (Lipinski definition) is 0. The van der Waals surface area contributed by atoms with Gasteiger partial charge >= 0.3 is 0 Å². The summed E-state index contributed by atoms with van der Waals surface area (Å²) >= 11 is 0. The maximum Gasteiger partial charge on any atom is 0 e. The zero-order valence-corrected chi connectivity index (χ0v) is 16.3. The van der Waals surface area contributed by atoms with Crippen LogP contribution in [0, 0.1) is 21.8 Å². The van der Waals surface area contributed by atoms with Gasteiger partial charge in [-0.15, -0.1) is 0 Å². The second kappa shape index (κ2) is 455. The monoisotopic (exact) mass is 475 g/mol. The molecular formula is C10H31VWY-3. The van der Waals surface area contributed by atoms with Crippen molar-refractivity contribution in [1.29, 1.82) is 0 Å². The fourth-order valence-electron chi connectivity index (χ4n) is 0. The van der Waals surface area contributed by atoms with E-state index in [0.29, 0.717) is 0 Å². The van der Waals surface area contributed by atoms with E-state index in [1.807, 2.05) is 27.7 Å². The van der Waals surface area contributed by atoms with Crippen molar-refractivity contribution >= 4 is 0 Å². The molecule has 0 saturated heterocycles. The van der Waals surface area contributed by atoms with Crippen LogP contribution in [0.25, 0.3) is 0 Å². The second-order valence-corrected chi connectivity index (χ2v) is 0. The largest absolute Gasteiger partial charge is 0.358 e. The molecule has 0 aliphatic carbocycles. The summed E-state index contributed by atoms with van der Waals surface area (Å²) in [7, 11) is 0. The Balaban J connectivity index is -0.00000000102. The van der Waals surface area contributed by atoms with Gasteiger partial charge in [0.2, 0.25) is 0 Å². The normalized spacial score (nSPS) is 1.38. The molecule has 0 unspecified atom stereocenters. The first-order valence-corrected chi connectivity index (χ1v) is 2.71. The Kier molecular flexibility index (Phi) is 3850. The summed E-state index contributed by atoms with van der Waals surface area (Å²) in [5, 5.41) is 0. The maximum absolute atomic E-state index is 3.25. The van der Waals surface area contributed by atoms with Gasteiger partial charge in [0, 0.05) is 72.3 Å². The molecule has 0 atom stereocenters. The molecule has 0 amide bonds. The molecule has 0 saturated carbocycles. The van der Waals surface area contributed by atoms with Gasteiger partial charge in [0.25, 0.3) is 0 Å². The van der Waals surface area contributed by atoms with Crippen LogP contribution in [0.15, 0.2) is 0 Å². The van der Waals surface area contributed by atoms with Crippen LogP contribution < -0.4 is 0 Å². The van der Waals surface area contributed by atoms with Crippen LogP contribution in [-0.2, 0) is 72.3 Å². The smallest absolute Gasteiger partial charge is 0 e. The van der Waals surface area contributed by atoms with Crippen molar-refractivity contribution in [2.75, 3.05) is 0 Å². The first-order valence-electron chi connectivity index (χ1n) is 2.71. The van der Waals surface area contributed by atoms with Crippen molar-refractivity contribution in [3.8, 4) is 0 Å². The van der Waals surface area contributed by atoms with E-state index in [1.54, 1.807) is 6.92 Å². The summed E-state index contributed by atoms with van der Waals surface area (Å²) in [5.74, 6) is 0. The second-order valence-electron chi connectivity index (χ2n) is 0. The molecule has 13 heavy (non-hydrogen) atoms. The predicted molar refractivity (Wildman–Crippen MR) is 60.0 cm³/mol. The Bertz CT molecular complexity index is 14.9. The summed E-state index contributed by atoms with van der Waals surface area (Å²) < 4.78 is 0. The third kappa shape index (κ3) is 390. The molecule has 0 aromatic heterocycles. The molecule has 0 fully saturated rings. The fraction of sp³-hybridized carbons (Fsp3) is 0.700. The molecule has 3 heteroatoms. The van der Waals surface area contributed by atoms with E-state index < -0.39 is 0 Å². The van der Waals surface area contributed by atoms with E-state index in [4.69, 9.17) is 0 Å². The summed E-state index contributed by atoms with van der Waals surface area (Å²) in [5.41, 5.74) is 0. The molecule has 88 valence electrons. The van der Waals surface area contributed by atoms with E-state index in [1.165, 1.54) is 0 Å². The third-order valence-electron chi connectivity index (χ3n) is 0. The molecule has 0 spiro atoms. The first kappa shape index (κ1) is 110. The Morgan fingerprint density at radius 1 is 0.692 bits per heavy atom. The fourth-order valence-corrected chi connectivity index (χ4v) is 0. The van der Waals surface area contributed by atoms with Crippen LogP contribution in [0.5, 0.6) is 0 Å². The van der Waals surface area contributed by atoms with Crippen LogP contribution in [0.4, 0.5) is 0 Å². The van der Waals surface area contributed by atoms with E-state index in [2.05, 4.69) is 6.92 Å². The molecule has 0 aromatic carbocycles. The topological polar surface area (TPSA) is 0 Å². The maximum atomic E-state index is 3.25. The molecule has 2 radical (unpaired) electrons. The standard InChI is InChI=1S/2C2H6.C2H5.2CH4.2CH3.V.W.Y/c3*1-2;;;;;;;/h2*1-2H3;1H2,2H3;2*1H4;2*1H3;;;/q;;-1;;;2*-1;;;. The number of rotatable bonds is 0. The van der Waals surface area contributed by atoms with Gasteiger partial charge in [-0.2, -0.15) is 6.92 Å². The SMILES string of the molecule is C.C.CC.CC.[CH2-]C.[CH3-].[CH3-].[V].[W].[Y]. The molecule has 0 bridgehead atoms. The molecule has 0 aliphatic heterocycles. The van der Waals surface area contributed by atoms with Gasteiger partial charge in [0.1, 0.15) is 0 Å². The summed E-state index contributed by atoms with van der Waals surface area (Å²) in [4.78, 5) is 0. The van der Waals surface area contributed by atoms with Gasteiger partial charge in [-0.05, 0) is 0 Å². The van der Waals surface area contributed by atoms with Crippen molar-refractivity contribution in [3.63, 3.8) is 0 Å². The van der Waals surface area contributed by atoms with Crippen LogP contribution >= 0.6 is 0 Å². The Labute approximate surface area is 142 Å². The summed E-state index contributed by atoms with van der Waals surface area (Å²) in [6.45, 7) is 13.0. The van der Waals surface area contributed by atoms with Crippen molar-refractivity contribution < 1.29 is 72.3 Å². The van der Waals surface area contributed by atoms with Gasteiger partial charge in [0.05, 0.1) is 0 Å². The molecule has 0 aliphatic rings. The molecule has 0 aromatic rings. The van der Waals surface area contributed by atoms with Crippen LogP contribution in [0.3, 0.4) is 0 Å². The quantitative estimate of drug-likeness (QED) is 0.430. The van der Waals surface area contributed by atoms with Gasteiger partial charge in [-0.25, -0.2) is 0 Å². The summed E-state index contributed by atoms with van der Waals surface area (Å²) in [6.07, 6.45) is 0. The third-order valence-corrected chi connectivity index (χ3v) is 0. The average molecular weight is 475 g/mol.